The molecule has 15 heavy (non-hydrogen) atoms. The molecule has 0 radical (unpaired) electrons. The van der Waals surface area contributed by atoms with Gasteiger partial charge in [0.25, 0.3) is 0 Å². The van der Waals surface area contributed by atoms with Crippen molar-refractivity contribution >= 4 is 5.82 Å². The smallest absolute Gasteiger partial charge is 0.144 e. The molecule has 1 aliphatic carbocycles. The van der Waals surface area contributed by atoms with E-state index in [-0.39, 0.29) is 0 Å². The van der Waals surface area contributed by atoms with Gasteiger partial charge in [-0.25, -0.2) is 4.98 Å². The Morgan fingerprint density at radius 2 is 2.33 bits per heavy atom. The maximum Gasteiger partial charge on any atom is 0.144 e. The zero-order valence-electron chi connectivity index (χ0n) is 8.85. The lowest BCUT2D eigenvalue weighted by molar-refractivity contribution is 0.124. The van der Waals surface area contributed by atoms with Crippen LogP contribution in [0.15, 0.2) is 18.6 Å². The number of anilines is 1. The van der Waals surface area contributed by atoms with Crippen molar-refractivity contribution in [1.82, 2.24) is 9.97 Å². The molecule has 82 valence electrons. The largest absolute Gasteiger partial charge is 0.381 e. The van der Waals surface area contributed by atoms with E-state index in [4.69, 9.17) is 4.74 Å². The topological polar surface area (TPSA) is 47.0 Å². The highest BCUT2D eigenvalue weighted by Gasteiger charge is 2.20. The van der Waals surface area contributed by atoms with Crippen LogP contribution in [-0.4, -0.2) is 29.7 Å². The zero-order chi connectivity index (χ0) is 10.3. The number of aromatic nitrogens is 2. The average Bonchev–Trinajstić information content (AvgIpc) is 3.09. The molecule has 0 aromatic carbocycles. The van der Waals surface area contributed by atoms with Crippen LogP contribution in [0.25, 0.3) is 0 Å². The maximum absolute atomic E-state index is 5.52. The minimum absolute atomic E-state index is 0.833. The highest BCUT2D eigenvalue weighted by Crippen LogP contribution is 2.28. The van der Waals surface area contributed by atoms with Crippen LogP contribution in [-0.2, 0) is 4.74 Å². The van der Waals surface area contributed by atoms with Gasteiger partial charge in [-0.05, 0) is 25.2 Å². The second kappa shape index (κ2) is 5.66. The third-order valence-electron chi connectivity index (χ3n) is 2.39. The molecule has 1 aromatic rings. The van der Waals surface area contributed by atoms with E-state index in [0.29, 0.717) is 0 Å². The summed E-state index contributed by atoms with van der Waals surface area (Å²) in [6.45, 7) is 2.68. The molecule has 2 rings (SSSR count). The lowest BCUT2D eigenvalue weighted by Gasteiger charge is -2.05. The number of hydrogen-bond donors (Lipinski definition) is 1. The quantitative estimate of drug-likeness (QED) is 0.691. The van der Waals surface area contributed by atoms with Gasteiger partial charge in [-0.15, -0.1) is 0 Å². The summed E-state index contributed by atoms with van der Waals surface area (Å²) in [7, 11) is 0. The fraction of sp³-hybridized carbons (Fsp3) is 0.636. The van der Waals surface area contributed by atoms with Crippen LogP contribution in [0.1, 0.15) is 19.3 Å². The predicted octanol–water partition coefficient (Wildman–Crippen LogP) is 1.71. The predicted molar refractivity (Wildman–Crippen MR) is 58.7 cm³/mol. The fourth-order valence-electron chi connectivity index (χ4n) is 1.32. The van der Waals surface area contributed by atoms with E-state index in [1.165, 1.54) is 12.8 Å². The molecule has 0 spiro atoms. The molecule has 1 fully saturated rings. The van der Waals surface area contributed by atoms with Crippen LogP contribution < -0.4 is 5.32 Å². The van der Waals surface area contributed by atoms with Crippen LogP contribution in [0.2, 0.25) is 0 Å². The second-order valence-electron chi connectivity index (χ2n) is 3.89. The molecule has 0 unspecified atom stereocenters. The highest BCUT2D eigenvalue weighted by atomic mass is 16.5. The van der Waals surface area contributed by atoms with E-state index in [0.717, 1.165) is 37.9 Å². The maximum atomic E-state index is 5.52. The molecule has 4 nitrogen and oxygen atoms in total. The Labute approximate surface area is 90.1 Å². The SMILES string of the molecule is c1cnc(NCCCOCC2CC2)cn1. The third kappa shape index (κ3) is 4.25. The third-order valence-corrected chi connectivity index (χ3v) is 2.39. The first-order valence-corrected chi connectivity index (χ1v) is 5.53. The standard InChI is InChI=1S/C11H17N3O/c1(7-15-9-10-2-3-10)4-13-11-8-12-5-6-14-11/h5-6,8,10H,1-4,7,9H2,(H,13,14). The minimum Gasteiger partial charge on any atom is -0.381 e. The molecule has 0 bridgehead atoms. The van der Waals surface area contributed by atoms with Crippen molar-refractivity contribution in [3.05, 3.63) is 18.6 Å². The van der Waals surface area contributed by atoms with Crippen LogP contribution in [0.3, 0.4) is 0 Å². The molecule has 0 aliphatic heterocycles. The summed E-state index contributed by atoms with van der Waals surface area (Å²) in [4.78, 5) is 8.10. The van der Waals surface area contributed by atoms with Crippen molar-refractivity contribution in [2.45, 2.75) is 19.3 Å². The molecule has 1 saturated carbocycles. The number of ether oxygens (including phenoxy) is 1. The second-order valence-corrected chi connectivity index (χ2v) is 3.89. The van der Waals surface area contributed by atoms with Crippen LogP contribution in [0.5, 0.6) is 0 Å². The molecule has 1 aliphatic rings. The Kier molecular flexibility index (Phi) is 3.91. The molecule has 0 saturated heterocycles. The van der Waals surface area contributed by atoms with Gasteiger partial charge < -0.3 is 10.1 Å². The van der Waals surface area contributed by atoms with Gasteiger partial charge in [-0.3, -0.25) is 4.98 Å². The molecule has 0 amide bonds. The van der Waals surface area contributed by atoms with Crippen molar-refractivity contribution < 1.29 is 4.74 Å². The van der Waals surface area contributed by atoms with Crippen LogP contribution in [0.4, 0.5) is 5.82 Å². The number of rotatable bonds is 7. The molecule has 1 aromatic heterocycles. The van der Waals surface area contributed by atoms with Crippen molar-refractivity contribution in [2.75, 3.05) is 25.1 Å². The Bertz CT molecular complexity index is 274. The van der Waals surface area contributed by atoms with E-state index in [2.05, 4.69) is 15.3 Å². The van der Waals surface area contributed by atoms with E-state index in [1.54, 1.807) is 18.6 Å². The summed E-state index contributed by atoms with van der Waals surface area (Å²) >= 11 is 0. The lowest BCUT2D eigenvalue weighted by Crippen LogP contribution is -2.07. The normalized spacial score (nSPS) is 15.2. The molecular formula is C11H17N3O. The first-order chi connectivity index (χ1) is 7.45. The highest BCUT2D eigenvalue weighted by molar-refractivity contribution is 5.29. The first-order valence-electron chi connectivity index (χ1n) is 5.53. The summed E-state index contributed by atoms with van der Waals surface area (Å²) in [6.07, 6.45) is 8.82. The summed E-state index contributed by atoms with van der Waals surface area (Å²) < 4.78 is 5.52. The van der Waals surface area contributed by atoms with E-state index in [1.807, 2.05) is 0 Å². The Hall–Kier alpha value is -1.16. The summed E-state index contributed by atoms with van der Waals surface area (Å²) in [5.41, 5.74) is 0. The van der Waals surface area contributed by atoms with Gasteiger partial charge in [-0.2, -0.15) is 0 Å². The minimum atomic E-state index is 0.833. The molecule has 1 heterocycles. The monoisotopic (exact) mass is 207 g/mol. The summed E-state index contributed by atoms with van der Waals surface area (Å²) in [6, 6.07) is 0. The van der Waals surface area contributed by atoms with Gasteiger partial charge in [0.2, 0.25) is 0 Å². The van der Waals surface area contributed by atoms with E-state index < -0.39 is 0 Å². The van der Waals surface area contributed by atoms with Gasteiger partial charge in [-0.1, -0.05) is 0 Å². The van der Waals surface area contributed by atoms with Crippen molar-refractivity contribution in [3.8, 4) is 0 Å². The van der Waals surface area contributed by atoms with Gasteiger partial charge in [0.05, 0.1) is 6.20 Å². The van der Waals surface area contributed by atoms with Crippen LogP contribution >= 0.6 is 0 Å². The van der Waals surface area contributed by atoms with E-state index >= 15 is 0 Å². The van der Waals surface area contributed by atoms with E-state index in [9.17, 15) is 0 Å². The van der Waals surface area contributed by atoms with Crippen molar-refractivity contribution in [3.63, 3.8) is 0 Å². The molecule has 1 N–H and O–H groups in total. The Morgan fingerprint density at radius 3 is 3.07 bits per heavy atom. The summed E-state index contributed by atoms with van der Waals surface area (Å²) in [5, 5.41) is 3.19. The first kappa shape index (κ1) is 10.4. The fourth-order valence-corrected chi connectivity index (χ4v) is 1.32. The van der Waals surface area contributed by atoms with Gasteiger partial charge >= 0.3 is 0 Å². The number of nitrogens with zero attached hydrogens (tertiary/aromatic N) is 2. The van der Waals surface area contributed by atoms with Crippen molar-refractivity contribution in [2.24, 2.45) is 5.92 Å². The van der Waals surface area contributed by atoms with Crippen molar-refractivity contribution in [1.29, 1.82) is 0 Å². The van der Waals surface area contributed by atoms with Gasteiger partial charge in [0, 0.05) is 32.2 Å². The van der Waals surface area contributed by atoms with Gasteiger partial charge in [0.15, 0.2) is 0 Å². The van der Waals surface area contributed by atoms with Crippen LogP contribution in [0, 0.1) is 5.92 Å². The molecule has 4 heteroatoms. The zero-order valence-corrected chi connectivity index (χ0v) is 8.85. The molecular weight excluding hydrogens is 190 g/mol. The Morgan fingerprint density at radius 1 is 1.40 bits per heavy atom. The average molecular weight is 207 g/mol. The number of nitrogens with one attached hydrogen (secondary N) is 1. The number of hydrogen-bond acceptors (Lipinski definition) is 4. The summed E-state index contributed by atoms with van der Waals surface area (Å²) in [5.74, 6) is 1.69. The Balaban J connectivity index is 1.47. The lowest BCUT2D eigenvalue weighted by atomic mass is 10.4. The molecule has 0 atom stereocenters. The van der Waals surface area contributed by atoms with Gasteiger partial charge in [0.1, 0.15) is 5.82 Å².